The Morgan fingerprint density at radius 3 is 2.39 bits per heavy atom. The lowest BCUT2D eigenvalue weighted by atomic mass is 9.81. The quantitative estimate of drug-likeness (QED) is 0.671. The van der Waals surface area contributed by atoms with Gasteiger partial charge in [0.05, 0.1) is 12.5 Å². The van der Waals surface area contributed by atoms with E-state index < -0.39 is 40.4 Å². The monoisotopic (exact) mass is 261 g/mol. The van der Waals surface area contributed by atoms with Gasteiger partial charge in [0.1, 0.15) is 5.82 Å². The molecule has 0 heterocycles. The molecule has 3 nitrogen and oxygen atoms in total. The van der Waals surface area contributed by atoms with Crippen LogP contribution in [0.15, 0.2) is 12.1 Å². The predicted molar refractivity (Wildman–Crippen MR) is 59.0 cm³/mol. The number of nitrogens with two attached hydrogens (primary N) is 1. The molecule has 0 aliphatic rings. The minimum atomic E-state index is -1.35. The summed E-state index contributed by atoms with van der Waals surface area (Å²) in [5.74, 6) is -4.26. The van der Waals surface area contributed by atoms with Gasteiger partial charge in [0.15, 0.2) is 11.6 Å². The molecular formula is C12H14F3NO2. The number of benzene rings is 1. The van der Waals surface area contributed by atoms with Crippen LogP contribution in [0.25, 0.3) is 0 Å². The van der Waals surface area contributed by atoms with Crippen LogP contribution in [-0.2, 0) is 9.53 Å². The average molecular weight is 261 g/mol. The number of ether oxygens (including phenoxy) is 1. The summed E-state index contributed by atoms with van der Waals surface area (Å²) in [5, 5.41) is 0. The van der Waals surface area contributed by atoms with Gasteiger partial charge in [0.2, 0.25) is 0 Å². The molecule has 0 saturated heterocycles. The van der Waals surface area contributed by atoms with Crippen LogP contribution >= 0.6 is 0 Å². The van der Waals surface area contributed by atoms with Gasteiger partial charge in [-0.1, -0.05) is 0 Å². The lowest BCUT2D eigenvalue weighted by Crippen LogP contribution is -2.38. The fourth-order valence-electron chi connectivity index (χ4n) is 1.58. The summed E-state index contributed by atoms with van der Waals surface area (Å²) < 4.78 is 44.2. The van der Waals surface area contributed by atoms with E-state index >= 15 is 0 Å². The zero-order chi connectivity index (χ0) is 14.1. The lowest BCUT2D eigenvalue weighted by Gasteiger charge is -2.29. The Morgan fingerprint density at radius 1 is 1.33 bits per heavy atom. The number of hydrogen-bond acceptors (Lipinski definition) is 3. The van der Waals surface area contributed by atoms with Crippen molar-refractivity contribution in [2.45, 2.75) is 19.9 Å². The SMILES string of the molecule is COC(=O)C(C)(C)[C@@H](N)c1cc(F)cc(F)c1F. The number of halogens is 3. The molecule has 0 saturated carbocycles. The molecule has 0 spiro atoms. The molecule has 18 heavy (non-hydrogen) atoms. The Bertz CT molecular complexity index is 475. The van der Waals surface area contributed by atoms with Gasteiger partial charge in [-0.2, -0.15) is 0 Å². The van der Waals surface area contributed by atoms with Crippen LogP contribution in [0.4, 0.5) is 13.2 Å². The zero-order valence-corrected chi connectivity index (χ0v) is 10.3. The predicted octanol–water partition coefficient (Wildman–Crippen LogP) is 2.30. The van der Waals surface area contributed by atoms with Crippen molar-refractivity contribution in [3.8, 4) is 0 Å². The van der Waals surface area contributed by atoms with E-state index in [0.29, 0.717) is 6.07 Å². The highest BCUT2D eigenvalue weighted by atomic mass is 19.2. The van der Waals surface area contributed by atoms with Crippen molar-refractivity contribution >= 4 is 5.97 Å². The highest BCUT2D eigenvalue weighted by Gasteiger charge is 2.38. The van der Waals surface area contributed by atoms with Crippen LogP contribution in [0.5, 0.6) is 0 Å². The summed E-state index contributed by atoms with van der Waals surface area (Å²) in [6, 6.07) is -0.0417. The first-order valence-electron chi connectivity index (χ1n) is 5.20. The van der Waals surface area contributed by atoms with E-state index in [-0.39, 0.29) is 0 Å². The molecule has 1 aromatic carbocycles. The van der Waals surface area contributed by atoms with Crippen molar-refractivity contribution in [2.24, 2.45) is 11.1 Å². The Balaban J connectivity index is 3.26. The molecule has 0 unspecified atom stereocenters. The maximum Gasteiger partial charge on any atom is 0.313 e. The van der Waals surface area contributed by atoms with Gasteiger partial charge < -0.3 is 10.5 Å². The third-order valence-corrected chi connectivity index (χ3v) is 2.85. The van der Waals surface area contributed by atoms with Gasteiger partial charge in [0, 0.05) is 17.7 Å². The summed E-state index contributed by atoms with van der Waals surface area (Å²) in [5.41, 5.74) is 4.00. The molecule has 6 heteroatoms. The average Bonchev–Trinajstić information content (AvgIpc) is 2.31. The van der Waals surface area contributed by atoms with Crippen LogP contribution in [0.2, 0.25) is 0 Å². The van der Waals surface area contributed by atoms with E-state index in [1.165, 1.54) is 13.8 Å². The molecule has 1 rings (SSSR count). The minimum absolute atomic E-state index is 0.400. The first kappa shape index (κ1) is 14.5. The number of carbonyl (C=O) groups is 1. The molecular weight excluding hydrogens is 247 g/mol. The molecule has 0 amide bonds. The third-order valence-electron chi connectivity index (χ3n) is 2.85. The Labute approximate surface area is 103 Å². The van der Waals surface area contributed by atoms with E-state index in [4.69, 9.17) is 5.73 Å². The van der Waals surface area contributed by atoms with Crippen LogP contribution in [0, 0.1) is 22.9 Å². The lowest BCUT2D eigenvalue weighted by molar-refractivity contribution is -0.152. The Kier molecular flexibility index (Phi) is 4.01. The van der Waals surface area contributed by atoms with Gasteiger partial charge in [-0.25, -0.2) is 13.2 Å². The summed E-state index contributed by atoms with van der Waals surface area (Å²) in [7, 11) is 1.15. The Morgan fingerprint density at radius 2 is 1.89 bits per heavy atom. The second-order valence-corrected chi connectivity index (χ2v) is 4.48. The normalized spacial score (nSPS) is 13.3. The molecule has 0 aliphatic carbocycles. The molecule has 0 bridgehead atoms. The number of hydrogen-bond donors (Lipinski definition) is 1. The van der Waals surface area contributed by atoms with E-state index in [9.17, 15) is 18.0 Å². The van der Waals surface area contributed by atoms with E-state index in [1.54, 1.807) is 0 Å². The number of carbonyl (C=O) groups excluding carboxylic acids is 1. The van der Waals surface area contributed by atoms with Crippen LogP contribution in [-0.4, -0.2) is 13.1 Å². The number of esters is 1. The molecule has 0 fully saturated rings. The maximum absolute atomic E-state index is 13.6. The molecule has 0 radical (unpaired) electrons. The molecule has 1 atom stereocenters. The van der Waals surface area contributed by atoms with Gasteiger partial charge in [-0.15, -0.1) is 0 Å². The largest absolute Gasteiger partial charge is 0.469 e. The topological polar surface area (TPSA) is 52.3 Å². The number of rotatable bonds is 3. The molecule has 2 N–H and O–H groups in total. The molecule has 100 valence electrons. The van der Waals surface area contributed by atoms with Crippen LogP contribution < -0.4 is 5.73 Å². The van der Waals surface area contributed by atoms with Crippen molar-refractivity contribution in [2.75, 3.05) is 7.11 Å². The van der Waals surface area contributed by atoms with Gasteiger partial charge in [0.25, 0.3) is 0 Å². The third kappa shape index (κ3) is 2.48. The highest BCUT2D eigenvalue weighted by molar-refractivity contribution is 5.77. The molecule has 0 aliphatic heterocycles. The summed E-state index contributed by atoms with van der Waals surface area (Å²) >= 11 is 0. The highest BCUT2D eigenvalue weighted by Crippen LogP contribution is 2.34. The first-order valence-corrected chi connectivity index (χ1v) is 5.20. The van der Waals surface area contributed by atoms with Crippen LogP contribution in [0.1, 0.15) is 25.5 Å². The summed E-state index contributed by atoms with van der Waals surface area (Å²) in [6.45, 7) is 2.82. The smallest absolute Gasteiger partial charge is 0.313 e. The zero-order valence-electron chi connectivity index (χ0n) is 10.3. The van der Waals surface area contributed by atoms with E-state index in [0.717, 1.165) is 13.2 Å². The fraction of sp³-hybridized carbons (Fsp3) is 0.417. The van der Waals surface area contributed by atoms with Crippen molar-refractivity contribution < 1.29 is 22.7 Å². The maximum atomic E-state index is 13.6. The second kappa shape index (κ2) is 4.97. The first-order chi connectivity index (χ1) is 8.21. The van der Waals surface area contributed by atoms with Crippen molar-refractivity contribution in [3.63, 3.8) is 0 Å². The summed E-state index contributed by atoms with van der Waals surface area (Å²) in [4.78, 5) is 11.5. The van der Waals surface area contributed by atoms with Crippen molar-refractivity contribution in [3.05, 3.63) is 35.1 Å². The standard InChI is InChI=1S/C12H14F3NO2/c1-12(2,11(17)18-3)10(16)7-4-6(13)5-8(14)9(7)15/h4-5,10H,16H2,1-3H3/t10-/m0/s1. The summed E-state index contributed by atoms with van der Waals surface area (Å²) in [6.07, 6.45) is 0. The van der Waals surface area contributed by atoms with Crippen molar-refractivity contribution in [1.29, 1.82) is 0 Å². The van der Waals surface area contributed by atoms with E-state index in [1.807, 2.05) is 0 Å². The van der Waals surface area contributed by atoms with Crippen molar-refractivity contribution in [1.82, 2.24) is 0 Å². The second-order valence-electron chi connectivity index (χ2n) is 4.48. The number of methoxy groups -OCH3 is 1. The Hall–Kier alpha value is -1.56. The van der Waals surface area contributed by atoms with Gasteiger partial charge >= 0.3 is 5.97 Å². The van der Waals surface area contributed by atoms with Crippen LogP contribution in [0.3, 0.4) is 0 Å². The fourth-order valence-corrected chi connectivity index (χ4v) is 1.58. The minimum Gasteiger partial charge on any atom is -0.469 e. The van der Waals surface area contributed by atoms with Gasteiger partial charge in [-0.3, -0.25) is 4.79 Å². The van der Waals surface area contributed by atoms with E-state index in [2.05, 4.69) is 4.74 Å². The molecule has 1 aromatic rings. The van der Waals surface area contributed by atoms with Gasteiger partial charge in [-0.05, 0) is 19.9 Å². The molecule has 0 aromatic heterocycles.